The first kappa shape index (κ1) is 25.3. The van der Waals surface area contributed by atoms with Gasteiger partial charge in [0.1, 0.15) is 12.4 Å². The first-order chi connectivity index (χ1) is 15.1. The van der Waals surface area contributed by atoms with Crippen LogP contribution < -0.4 is 20.7 Å². The summed E-state index contributed by atoms with van der Waals surface area (Å²) in [6, 6.07) is 18.9. The zero-order valence-corrected chi connectivity index (χ0v) is 20.6. The largest absolute Gasteiger partial charge is 0.492 e. The molecular weight excluding hydrogens is 519 g/mol. The van der Waals surface area contributed by atoms with E-state index in [9.17, 15) is 4.79 Å². The molecule has 0 aliphatic heterocycles. The highest BCUT2D eigenvalue weighted by molar-refractivity contribution is 14.0. The lowest BCUT2D eigenvalue weighted by Crippen LogP contribution is -2.39. The van der Waals surface area contributed by atoms with Crippen molar-refractivity contribution in [1.82, 2.24) is 10.6 Å². The second-order valence-corrected chi connectivity index (χ2v) is 6.92. The van der Waals surface area contributed by atoms with Gasteiger partial charge < -0.3 is 25.1 Å². The summed E-state index contributed by atoms with van der Waals surface area (Å²) < 4.78 is 10.9. The fraction of sp³-hybridized carbons (Fsp3) is 0.250. The monoisotopic (exact) mass is 548 g/mol. The van der Waals surface area contributed by atoms with Crippen molar-refractivity contribution in [3.8, 4) is 5.75 Å². The number of carbonyl (C=O) groups excluding carboxylic acids is 1. The molecule has 0 saturated heterocycles. The van der Waals surface area contributed by atoms with E-state index in [1.54, 1.807) is 12.1 Å². The smallest absolute Gasteiger partial charge is 0.291 e. The van der Waals surface area contributed by atoms with Gasteiger partial charge in [-0.3, -0.25) is 4.79 Å². The maximum absolute atomic E-state index is 12.1. The molecule has 0 atom stereocenters. The molecule has 0 spiro atoms. The molecule has 0 aliphatic rings. The molecule has 0 unspecified atom stereocenters. The van der Waals surface area contributed by atoms with Gasteiger partial charge in [-0.05, 0) is 55.8 Å². The van der Waals surface area contributed by atoms with Crippen molar-refractivity contribution in [2.45, 2.75) is 20.4 Å². The second-order valence-electron chi connectivity index (χ2n) is 6.92. The molecule has 0 bridgehead atoms. The molecule has 7 nitrogen and oxygen atoms in total. The molecule has 0 radical (unpaired) electrons. The Bertz CT molecular complexity index is 989. The average molecular weight is 548 g/mol. The van der Waals surface area contributed by atoms with E-state index < -0.39 is 0 Å². The highest BCUT2D eigenvalue weighted by Crippen LogP contribution is 2.14. The van der Waals surface area contributed by atoms with Gasteiger partial charge in [0, 0.05) is 12.2 Å². The third kappa shape index (κ3) is 8.26. The van der Waals surface area contributed by atoms with E-state index in [1.807, 2.05) is 62.4 Å². The van der Waals surface area contributed by atoms with Crippen LogP contribution in [0.25, 0.3) is 0 Å². The van der Waals surface area contributed by atoms with Crippen LogP contribution >= 0.6 is 24.0 Å². The average Bonchev–Trinajstić information content (AvgIpc) is 3.32. The lowest BCUT2D eigenvalue weighted by atomic mass is 10.2. The molecule has 32 heavy (non-hydrogen) atoms. The third-order valence-electron chi connectivity index (χ3n) is 4.38. The van der Waals surface area contributed by atoms with Gasteiger partial charge in [0.15, 0.2) is 11.7 Å². The lowest BCUT2D eigenvalue weighted by molar-refractivity contribution is 0.0996. The molecule has 2 aromatic carbocycles. The number of ether oxygens (including phenoxy) is 1. The number of halogens is 1. The third-order valence-corrected chi connectivity index (χ3v) is 4.38. The SMILES string of the molecule is CCNC(=NCc1cccc(NC(=O)c2ccco2)c1)NCCOc1ccc(C)cc1.I. The minimum absolute atomic E-state index is 0. The van der Waals surface area contributed by atoms with Gasteiger partial charge in [-0.1, -0.05) is 29.8 Å². The number of guanidine groups is 1. The second kappa shape index (κ2) is 13.4. The van der Waals surface area contributed by atoms with Crippen LogP contribution in [0, 0.1) is 6.92 Å². The van der Waals surface area contributed by atoms with Crippen LogP contribution in [0.4, 0.5) is 5.69 Å². The molecule has 0 aliphatic carbocycles. The van der Waals surface area contributed by atoms with Crippen molar-refractivity contribution in [3.05, 3.63) is 83.8 Å². The van der Waals surface area contributed by atoms with Gasteiger partial charge in [-0.25, -0.2) is 4.99 Å². The minimum atomic E-state index is -0.283. The number of anilines is 1. The number of nitrogens with one attached hydrogen (secondary N) is 3. The molecular formula is C24H29IN4O3. The van der Waals surface area contributed by atoms with E-state index in [0.717, 1.165) is 17.9 Å². The number of carbonyl (C=O) groups is 1. The summed E-state index contributed by atoms with van der Waals surface area (Å²) in [7, 11) is 0. The van der Waals surface area contributed by atoms with Crippen LogP contribution in [0.5, 0.6) is 5.75 Å². The summed E-state index contributed by atoms with van der Waals surface area (Å²) in [5.74, 6) is 1.55. The molecule has 8 heteroatoms. The Morgan fingerprint density at radius 3 is 2.59 bits per heavy atom. The summed E-state index contributed by atoms with van der Waals surface area (Å²) in [5.41, 5.74) is 2.88. The first-order valence-corrected chi connectivity index (χ1v) is 10.3. The molecule has 1 amide bonds. The Hall–Kier alpha value is -3.01. The maximum Gasteiger partial charge on any atom is 0.291 e. The Balaban J connectivity index is 0.00000363. The highest BCUT2D eigenvalue weighted by atomic mass is 127. The molecule has 0 saturated carbocycles. The summed E-state index contributed by atoms with van der Waals surface area (Å²) >= 11 is 0. The van der Waals surface area contributed by atoms with Gasteiger partial charge in [-0.2, -0.15) is 0 Å². The number of amides is 1. The van der Waals surface area contributed by atoms with E-state index >= 15 is 0 Å². The number of nitrogens with zero attached hydrogens (tertiary/aromatic N) is 1. The molecule has 1 aromatic heterocycles. The predicted octanol–water partition coefficient (Wildman–Crippen LogP) is 4.59. The lowest BCUT2D eigenvalue weighted by Gasteiger charge is -2.12. The van der Waals surface area contributed by atoms with E-state index in [1.165, 1.54) is 11.8 Å². The molecule has 3 aromatic rings. The van der Waals surface area contributed by atoms with Gasteiger partial charge >= 0.3 is 0 Å². The number of furan rings is 1. The standard InChI is InChI=1S/C24H28N4O3.HI/c1-3-25-24(26-13-15-30-21-11-9-18(2)10-12-21)27-17-19-6-4-7-20(16-19)28-23(29)22-8-5-14-31-22;/h4-12,14,16H,3,13,15,17H2,1-2H3,(H,28,29)(H2,25,26,27);1H. The van der Waals surface area contributed by atoms with Crippen molar-refractivity contribution in [2.75, 3.05) is 25.0 Å². The molecule has 1 heterocycles. The summed E-state index contributed by atoms with van der Waals surface area (Å²) in [6.07, 6.45) is 1.47. The van der Waals surface area contributed by atoms with Gasteiger partial charge in [0.2, 0.25) is 0 Å². The maximum atomic E-state index is 12.1. The summed E-state index contributed by atoms with van der Waals surface area (Å²) in [6.45, 7) is 6.45. The van der Waals surface area contributed by atoms with Crippen LogP contribution in [0.1, 0.15) is 28.6 Å². The Morgan fingerprint density at radius 1 is 1.06 bits per heavy atom. The minimum Gasteiger partial charge on any atom is -0.492 e. The van der Waals surface area contributed by atoms with Crippen molar-refractivity contribution in [3.63, 3.8) is 0 Å². The van der Waals surface area contributed by atoms with E-state index in [0.29, 0.717) is 31.3 Å². The van der Waals surface area contributed by atoms with Crippen molar-refractivity contribution >= 4 is 41.5 Å². The van der Waals surface area contributed by atoms with E-state index in [4.69, 9.17) is 9.15 Å². The van der Waals surface area contributed by atoms with Crippen LogP contribution in [-0.2, 0) is 6.54 Å². The van der Waals surface area contributed by atoms with Crippen molar-refractivity contribution < 1.29 is 13.9 Å². The molecule has 3 N–H and O–H groups in total. The van der Waals surface area contributed by atoms with E-state index in [-0.39, 0.29) is 35.6 Å². The van der Waals surface area contributed by atoms with Gasteiger partial charge in [0.05, 0.1) is 19.4 Å². The van der Waals surface area contributed by atoms with E-state index in [2.05, 4.69) is 20.9 Å². The molecule has 3 rings (SSSR count). The fourth-order valence-electron chi connectivity index (χ4n) is 2.83. The Morgan fingerprint density at radius 2 is 1.88 bits per heavy atom. The van der Waals surface area contributed by atoms with Crippen LogP contribution in [0.15, 0.2) is 76.3 Å². The summed E-state index contributed by atoms with van der Waals surface area (Å²) in [5, 5.41) is 9.32. The molecule has 0 fully saturated rings. The summed E-state index contributed by atoms with van der Waals surface area (Å²) in [4.78, 5) is 16.8. The topological polar surface area (TPSA) is 87.9 Å². The first-order valence-electron chi connectivity index (χ1n) is 10.3. The Kier molecular flexibility index (Phi) is 10.6. The zero-order valence-electron chi connectivity index (χ0n) is 18.3. The Labute approximate surface area is 205 Å². The highest BCUT2D eigenvalue weighted by Gasteiger charge is 2.08. The van der Waals surface area contributed by atoms with Crippen LogP contribution in [0.3, 0.4) is 0 Å². The number of rotatable bonds is 9. The number of benzene rings is 2. The normalized spacial score (nSPS) is 10.8. The number of hydrogen-bond donors (Lipinski definition) is 3. The number of hydrogen-bond acceptors (Lipinski definition) is 4. The molecule has 170 valence electrons. The van der Waals surface area contributed by atoms with Gasteiger partial charge in [0.25, 0.3) is 5.91 Å². The van der Waals surface area contributed by atoms with Crippen LogP contribution in [-0.4, -0.2) is 31.6 Å². The number of aliphatic imine (C=N–C) groups is 1. The van der Waals surface area contributed by atoms with Gasteiger partial charge in [-0.15, -0.1) is 24.0 Å². The van der Waals surface area contributed by atoms with Crippen molar-refractivity contribution in [2.24, 2.45) is 4.99 Å². The predicted molar refractivity (Wildman–Crippen MR) is 138 cm³/mol. The quantitative estimate of drug-likeness (QED) is 0.158. The van der Waals surface area contributed by atoms with Crippen molar-refractivity contribution in [1.29, 1.82) is 0 Å². The fourth-order valence-corrected chi connectivity index (χ4v) is 2.83. The number of aryl methyl sites for hydroxylation is 1. The zero-order chi connectivity index (χ0) is 21.9. The van der Waals surface area contributed by atoms with Crippen LogP contribution in [0.2, 0.25) is 0 Å².